The SMILES string of the molecule is COc1cc2c(cc1OC)[C@@H]1CC(O)[C@@H](CC(C)C(=O)O)C(O)(O)N1CC2. The molecule has 2 aliphatic heterocycles. The Hall–Kier alpha value is -1.87. The first kappa shape index (κ1) is 19.9. The number of carboxylic acid groups (broad SMARTS) is 1. The average Bonchev–Trinajstić information content (AvgIpc) is 2.63. The third kappa shape index (κ3) is 3.38. The van der Waals surface area contributed by atoms with Crippen LogP contribution < -0.4 is 9.47 Å². The molecule has 0 bridgehead atoms. The Kier molecular flexibility index (Phi) is 5.36. The summed E-state index contributed by atoms with van der Waals surface area (Å²) < 4.78 is 10.7. The molecule has 1 saturated heterocycles. The standard InChI is InChI=1S/C19H27NO7/c1-10(18(22)23)6-13-15(21)9-14-12-8-17(27-3)16(26-2)7-11(12)4-5-20(14)19(13,24)25/h7-8,10,13-15,21,24-25H,4-6,9H2,1-3H3,(H,22,23)/t10?,13-,14+,15?/m1/s1. The zero-order valence-electron chi connectivity index (χ0n) is 15.8. The number of rotatable bonds is 5. The van der Waals surface area contributed by atoms with E-state index in [2.05, 4.69) is 0 Å². The minimum Gasteiger partial charge on any atom is -0.493 e. The molecule has 0 spiro atoms. The Labute approximate surface area is 157 Å². The van der Waals surface area contributed by atoms with Crippen molar-refractivity contribution in [2.75, 3.05) is 20.8 Å². The maximum atomic E-state index is 11.2. The van der Waals surface area contributed by atoms with Gasteiger partial charge in [0.1, 0.15) is 0 Å². The number of carbonyl (C=O) groups is 1. The first-order chi connectivity index (χ1) is 12.7. The number of benzene rings is 1. The van der Waals surface area contributed by atoms with E-state index in [1.807, 2.05) is 12.1 Å². The molecule has 1 aromatic carbocycles. The van der Waals surface area contributed by atoms with Gasteiger partial charge in [0.25, 0.3) is 0 Å². The van der Waals surface area contributed by atoms with Gasteiger partial charge in [-0.25, -0.2) is 4.90 Å². The van der Waals surface area contributed by atoms with E-state index >= 15 is 0 Å². The molecule has 3 rings (SSSR count). The number of nitrogens with zero attached hydrogens (tertiary/aromatic N) is 1. The Morgan fingerprint density at radius 1 is 1.30 bits per heavy atom. The molecular weight excluding hydrogens is 354 g/mol. The van der Waals surface area contributed by atoms with E-state index in [1.54, 1.807) is 12.0 Å². The molecule has 0 amide bonds. The van der Waals surface area contributed by atoms with E-state index in [0.29, 0.717) is 24.5 Å². The smallest absolute Gasteiger partial charge is 0.306 e. The lowest BCUT2D eigenvalue weighted by Gasteiger charge is -2.53. The molecule has 2 aliphatic rings. The Balaban J connectivity index is 1.95. The summed E-state index contributed by atoms with van der Waals surface area (Å²) >= 11 is 0. The van der Waals surface area contributed by atoms with Crippen molar-refractivity contribution in [1.29, 1.82) is 0 Å². The van der Waals surface area contributed by atoms with Crippen molar-refractivity contribution in [2.45, 2.75) is 44.2 Å². The van der Waals surface area contributed by atoms with Crippen LogP contribution in [-0.4, -0.2) is 64.1 Å². The number of hydrogen-bond donors (Lipinski definition) is 4. The number of aliphatic carboxylic acids is 1. The highest BCUT2D eigenvalue weighted by Gasteiger charge is 2.54. The second kappa shape index (κ2) is 7.27. The normalized spacial score (nSPS) is 28.0. The van der Waals surface area contributed by atoms with Crippen LogP contribution in [0.15, 0.2) is 12.1 Å². The summed E-state index contributed by atoms with van der Waals surface area (Å²) in [5, 5.41) is 41.5. The third-order valence-electron chi connectivity index (χ3n) is 5.88. The van der Waals surface area contributed by atoms with E-state index in [1.165, 1.54) is 14.0 Å². The van der Waals surface area contributed by atoms with Crippen molar-refractivity contribution in [2.24, 2.45) is 11.8 Å². The van der Waals surface area contributed by atoms with Crippen LogP contribution in [0.3, 0.4) is 0 Å². The zero-order chi connectivity index (χ0) is 19.9. The van der Waals surface area contributed by atoms with Crippen molar-refractivity contribution in [3.8, 4) is 11.5 Å². The average molecular weight is 381 g/mol. The van der Waals surface area contributed by atoms with E-state index in [-0.39, 0.29) is 12.8 Å². The number of ether oxygens (including phenoxy) is 2. The Morgan fingerprint density at radius 2 is 1.93 bits per heavy atom. The first-order valence-electron chi connectivity index (χ1n) is 9.07. The number of aliphatic hydroxyl groups is 3. The summed E-state index contributed by atoms with van der Waals surface area (Å²) in [5.74, 6) is -3.94. The molecule has 150 valence electrons. The number of aliphatic hydroxyl groups excluding tert-OH is 1. The fourth-order valence-corrected chi connectivity index (χ4v) is 4.34. The Morgan fingerprint density at radius 3 is 2.52 bits per heavy atom. The van der Waals surface area contributed by atoms with Crippen molar-refractivity contribution in [3.63, 3.8) is 0 Å². The lowest BCUT2D eigenvalue weighted by molar-refractivity contribution is -0.343. The monoisotopic (exact) mass is 381 g/mol. The molecule has 0 saturated carbocycles. The van der Waals surface area contributed by atoms with Gasteiger partial charge in [-0.3, -0.25) is 4.79 Å². The number of carboxylic acids is 1. The van der Waals surface area contributed by atoms with Crippen LogP contribution in [0, 0.1) is 11.8 Å². The van der Waals surface area contributed by atoms with Gasteiger partial charge in [-0.05, 0) is 42.5 Å². The van der Waals surface area contributed by atoms with Crippen LogP contribution in [-0.2, 0) is 11.2 Å². The van der Waals surface area contributed by atoms with Gasteiger partial charge in [-0.1, -0.05) is 6.92 Å². The molecule has 4 N–H and O–H groups in total. The van der Waals surface area contributed by atoms with Gasteiger partial charge in [0.05, 0.1) is 32.2 Å². The van der Waals surface area contributed by atoms with Gasteiger partial charge in [0.2, 0.25) is 5.91 Å². The first-order valence-corrected chi connectivity index (χ1v) is 9.07. The third-order valence-corrected chi connectivity index (χ3v) is 5.88. The summed E-state index contributed by atoms with van der Waals surface area (Å²) in [4.78, 5) is 12.7. The van der Waals surface area contributed by atoms with E-state index < -0.39 is 35.9 Å². The number of hydrogen-bond acceptors (Lipinski definition) is 7. The van der Waals surface area contributed by atoms with Gasteiger partial charge in [0.15, 0.2) is 11.5 Å². The van der Waals surface area contributed by atoms with Gasteiger partial charge in [-0.15, -0.1) is 0 Å². The molecule has 8 nitrogen and oxygen atoms in total. The summed E-state index contributed by atoms with van der Waals surface area (Å²) in [6, 6.07) is 3.29. The van der Waals surface area contributed by atoms with E-state index in [4.69, 9.17) is 14.6 Å². The summed E-state index contributed by atoms with van der Waals surface area (Å²) in [7, 11) is 3.09. The maximum absolute atomic E-state index is 11.2. The molecular formula is C19H27NO7. The van der Waals surface area contributed by atoms with Crippen LogP contribution >= 0.6 is 0 Å². The van der Waals surface area contributed by atoms with Crippen LogP contribution in [0.2, 0.25) is 0 Å². The summed E-state index contributed by atoms with van der Waals surface area (Å²) in [6.07, 6.45) is -0.206. The van der Waals surface area contributed by atoms with Gasteiger partial charge < -0.3 is 29.9 Å². The molecule has 8 heteroatoms. The van der Waals surface area contributed by atoms with Crippen LogP contribution in [0.25, 0.3) is 0 Å². The van der Waals surface area contributed by atoms with Crippen molar-refractivity contribution < 1.29 is 34.7 Å². The second-order valence-electron chi connectivity index (χ2n) is 7.44. The minimum absolute atomic E-state index is 0.0223. The lowest BCUT2D eigenvalue weighted by Crippen LogP contribution is -2.64. The highest BCUT2D eigenvalue weighted by Crippen LogP contribution is 2.48. The van der Waals surface area contributed by atoms with E-state index in [0.717, 1.165) is 11.1 Å². The molecule has 2 unspecified atom stereocenters. The fourth-order valence-electron chi connectivity index (χ4n) is 4.34. The lowest BCUT2D eigenvalue weighted by atomic mass is 9.76. The molecule has 0 aromatic heterocycles. The number of piperidine rings is 1. The highest BCUT2D eigenvalue weighted by molar-refractivity contribution is 5.69. The fraction of sp³-hybridized carbons (Fsp3) is 0.632. The van der Waals surface area contributed by atoms with Gasteiger partial charge in [0, 0.05) is 12.6 Å². The molecule has 0 radical (unpaired) electrons. The minimum atomic E-state index is -2.29. The summed E-state index contributed by atoms with van der Waals surface area (Å²) in [5.41, 5.74) is 1.87. The largest absolute Gasteiger partial charge is 0.493 e. The topological polar surface area (TPSA) is 120 Å². The van der Waals surface area contributed by atoms with Crippen LogP contribution in [0.5, 0.6) is 11.5 Å². The van der Waals surface area contributed by atoms with Crippen molar-refractivity contribution in [3.05, 3.63) is 23.3 Å². The molecule has 27 heavy (non-hydrogen) atoms. The molecule has 1 fully saturated rings. The van der Waals surface area contributed by atoms with E-state index in [9.17, 15) is 20.1 Å². The van der Waals surface area contributed by atoms with Crippen molar-refractivity contribution >= 4 is 5.97 Å². The van der Waals surface area contributed by atoms with Crippen LogP contribution in [0.1, 0.15) is 36.9 Å². The number of methoxy groups -OCH3 is 2. The molecule has 1 aromatic rings. The maximum Gasteiger partial charge on any atom is 0.306 e. The molecule has 4 atom stereocenters. The van der Waals surface area contributed by atoms with Gasteiger partial charge in [-0.2, -0.15) is 0 Å². The predicted molar refractivity (Wildman–Crippen MR) is 95.4 cm³/mol. The zero-order valence-corrected chi connectivity index (χ0v) is 15.8. The number of fused-ring (bicyclic) bond motifs is 3. The highest BCUT2D eigenvalue weighted by atomic mass is 16.5. The van der Waals surface area contributed by atoms with Gasteiger partial charge >= 0.3 is 5.97 Å². The molecule has 0 aliphatic carbocycles. The quantitative estimate of drug-likeness (QED) is 0.551. The predicted octanol–water partition coefficient (Wildman–Crippen LogP) is 0.733. The molecule has 2 heterocycles. The summed E-state index contributed by atoms with van der Waals surface area (Å²) in [6.45, 7) is 1.88. The second-order valence-corrected chi connectivity index (χ2v) is 7.44. The Bertz CT molecular complexity index is 720. The van der Waals surface area contributed by atoms with Crippen molar-refractivity contribution in [1.82, 2.24) is 4.90 Å². The van der Waals surface area contributed by atoms with Crippen LogP contribution in [0.4, 0.5) is 0 Å².